The number of aryl methyl sites for hydroxylation is 2. The number of furan rings is 1. The zero-order valence-electron chi connectivity index (χ0n) is 12.6. The molecule has 1 heterocycles. The second-order valence-electron chi connectivity index (χ2n) is 4.69. The first-order valence-electron chi connectivity index (χ1n) is 6.57. The Bertz CT molecular complexity index is 669. The number of carbonyl (C=O) groups is 1. The molecule has 0 radical (unpaired) electrons. The summed E-state index contributed by atoms with van der Waals surface area (Å²) in [6.45, 7) is 5.38. The quantitative estimate of drug-likeness (QED) is 0.694. The molecule has 21 heavy (non-hydrogen) atoms. The summed E-state index contributed by atoms with van der Waals surface area (Å²) in [6.07, 6.45) is 0. The highest BCUT2D eigenvalue weighted by molar-refractivity contribution is 6.01. The van der Waals surface area contributed by atoms with Crippen molar-refractivity contribution in [2.45, 2.75) is 20.8 Å². The molecule has 0 aliphatic heterocycles. The molecule has 1 amide bonds. The zero-order valence-corrected chi connectivity index (χ0v) is 12.6. The summed E-state index contributed by atoms with van der Waals surface area (Å²) >= 11 is 0. The molecular weight excluding hydrogens is 268 g/mol. The molecule has 1 N–H and O–H groups in total. The molecule has 0 spiro atoms. The predicted octanol–water partition coefficient (Wildman–Crippen LogP) is 3.06. The number of hydrogen-bond acceptors (Lipinski definition) is 4. The minimum absolute atomic E-state index is 0.280. The number of rotatable bonds is 4. The number of amides is 1. The van der Waals surface area contributed by atoms with E-state index in [4.69, 9.17) is 9.15 Å². The molecule has 5 heteroatoms. The summed E-state index contributed by atoms with van der Waals surface area (Å²) in [5.74, 6) is 1.79. The molecule has 1 aromatic carbocycles. The second kappa shape index (κ2) is 6.26. The Labute approximate surface area is 123 Å². The van der Waals surface area contributed by atoms with E-state index in [1.165, 1.54) is 0 Å². The van der Waals surface area contributed by atoms with E-state index in [2.05, 4.69) is 10.5 Å². The number of carbonyl (C=O) groups excluding carboxylic acids is 1. The van der Waals surface area contributed by atoms with Gasteiger partial charge >= 0.3 is 0 Å². The van der Waals surface area contributed by atoms with Crippen LogP contribution in [-0.2, 0) is 0 Å². The third kappa shape index (κ3) is 3.51. The minimum Gasteiger partial charge on any atom is -0.497 e. The average Bonchev–Trinajstić information content (AvgIpc) is 2.83. The first-order valence-corrected chi connectivity index (χ1v) is 6.57. The molecule has 0 fully saturated rings. The lowest BCUT2D eigenvalue weighted by Crippen LogP contribution is -2.19. The number of nitrogens with zero attached hydrogens (tertiary/aromatic N) is 1. The Morgan fingerprint density at radius 3 is 2.43 bits per heavy atom. The fraction of sp³-hybridized carbons (Fsp3) is 0.250. The standard InChI is InChI=1S/C16H18N2O3/c1-10-9-15(12(3)21-10)16(19)18-17-11(2)13-5-7-14(20-4)8-6-13/h5-9H,1-4H3,(H,18,19)/b17-11-. The van der Waals surface area contributed by atoms with Gasteiger partial charge in [0.15, 0.2) is 0 Å². The molecule has 0 saturated carbocycles. The summed E-state index contributed by atoms with van der Waals surface area (Å²) in [5, 5.41) is 4.11. The SMILES string of the molecule is COc1ccc(/C(C)=N\NC(=O)c2cc(C)oc2C)cc1. The van der Waals surface area contributed by atoms with E-state index >= 15 is 0 Å². The molecule has 5 nitrogen and oxygen atoms in total. The van der Waals surface area contributed by atoms with E-state index in [9.17, 15) is 4.79 Å². The van der Waals surface area contributed by atoms with Crippen LogP contribution in [0.4, 0.5) is 0 Å². The highest BCUT2D eigenvalue weighted by atomic mass is 16.5. The van der Waals surface area contributed by atoms with E-state index in [0.717, 1.165) is 11.3 Å². The van der Waals surface area contributed by atoms with E-state index in [1.807, 2.05) is 31.2 Å². The van der Waals surface area contributed by atoms with Gasteiger partial charge in [-0.25, -0.2) is 5.43 Å². The van der Waals surface area contributed by atoms with Crippen molar-refractivity contribution in [2.75, 3.05) is 7.11 Å². The first-order chi connectivity index (χ1) is 10.0. The number of benzene rings is 1. The normalized spacial score (nSPS) is 11.3. The fourth-order valence-corrected chi connectivity index (χ4v) is 1.95. The highest BCUT2D eigenvalue weighted by Gasteiger charge is 2.12. The Morgan fingerprint density at radius 2 is 1.90 bits per heavy atom. The van der Waals surface area contributed by atoms with Gasteiger partial charge in [-0.05, 0) is 56.7 Å². The molecule has 1 aromatic heterocycles. The van der Waals surface area contributed by atoms with Gasteiger partial charge in [0.25, 0.3) is 5.91 Å². The topological polar surface area (TPSA) is 63.8 Å². The van der Waals surface area contributed by atoms with Crippen molar-refractivity contribution in [3.8, 4) is 5.75 Å². The summed E-state index contributed by atoms with van der Waals surface area (Å²) in [5.41, 5.74) is 4.66. The molecule has 110 valence electrons. The van der Waals surface area contributed by atoms with E-state index in [0.29, 0.717) is 22.8 Å². The second-order valence-corrected chi connectivity index (χ2v) is 4.69. The van der Waals surface area contributed by atoms with E-state index in [1.54, 1.807) is 27.0 Å². The fourth-order valence-electron chi connectivity index (χ4n) is 1.95. The van der Waals surface area contributed by atoms with Gasteiger partial charge in [0.2, 0.25) is 0 Å². The highest BCUT2D eigenvalue weighted by Crippen LogP contribution is 2.14. The van der Waals surface area contributed by atoms with Gasteiger partial charge in [-0.15, -0.1) is 0 Å². The summed E-state index contributed by atoms with van der Waals surface area (Å²) in [7, 11) is 1.62. The maximum Gasteiger partial charge on any atom is 0.274 e. The molecular formula is C16H18N2O3. The Hall–Kier alpha value is -2.56. The third-order valence-electron chi connectivity index (χ3n) is 3.12. The first kappa shape index (κ1) is 14.8. The van der Waals surface area contributed by atoms with Crippen molar-refractivity contribution >= 4 is 11.6 Å². The maximum absolute atomic E-state index is 12.0. The van der Waals surface area contributed by atoms with Crippen LogP contribution in [0.1, 0.15) is 34.4 Å². The largest absolute Gasteiger partial charge is 0.497 e. The summed E-state index contributed by atoms with van der Waals surface area (Å²) in [4.78, 5) is 12.0. The lowest BCUT2D eigenvalue weighted by Gasteiger charge is -2.04. The Kier molecular flexibility index (Phi) is 4.42. The van der Waals surface area contributed by atoms with Crippen LogP contribution in [0.5, 0.6) is 5.75 Å². The van der Waals surface area contributed by atoms with E-state index in [-0.39, 0.29) is 5.91 Å². The number of hydrazone groups is 1. The van der Waals surface area contributed by atoms with Crippen molar-refractivity contribution in [1.29, 1.82) is 0 Å². The third-order valence-corrected chi connectivity index (χ3v) is 3.12. The van der Waals surface area contributed by atoms with Crippen LogP contribution in [0.2, 0.25) is 0 Å². The number of ether oxygens (including phenoxy) is 1. The number of hydrogen-bond donors (Lipinski definition) is 1. The molecule has 0 saturated heterocycles. The number of methoxy groups -OCH3 is 1. The molecule has 0 atom stereocenters. The van der Waals surface area contributed by atoms with Crippen LogP contribution in [0.25, 0.3) is 0 Å². The average molecular weight is 286 g/mol. The van der Waals surface area contributed by atoms with Crippen LogP contribution in [0, 0.1) is 13.8 Å². The van der Waals surface area contributed by atoms with Crippen LogP contribution >= 0.6 is 0 Å². The maximum atomic E-state index is 12.0. The van der Waals surface area contributed by atoms with Gasteiger partial charge in [0.1, 0.15) is 17.3 Å². The van der Waals surface area contributed by atoms with Crippen LogP contribution in [0.15, 0.2) is 39.9 Å². The smallest absolute Gasteiger partial charge is 0.274 e. The summed E-state index contributed by atoms with van der Waals surface area (Å²) < 4.78 is 10.4. The van der Waals surface area contributed by atoms with Gasteiger partial charge in [-0.1, -0.05) is 0 Å². The Balaban J connectivity index is 2.08. The van der Waals surface area contributed by atoms with Crippen molar-refractivity contribution in [2.24, 2.45) is 5.10 Å². The molecule has 2 rings (SSSR count). The molecule has 0 aliphatic carbocycles. The van der Waals surface area contributed by atoms with Gasteiger partial charge in [0.05, 0.1) is 18.4 Å². The van der Waals surface area contributed by atoms with Gasteiger partial charge in [-0.2, -0.15) is 5.10 Å². The Morgan fingerprint density at radius 1 is 1.24 bits per heavy atom. The van der Waals surface area contributed by atoms with Crippen LogP contribution < -0.4 is 10.2 Å². The van der Waals surface area contributed by atoms with E-state index < -0.39 is 0 Å². The van der Waals surface area contributed by atoms with Crippen molar-refractivity contribution < 1.29 is 13.9 Å². The van der Waals surface area contributed by atoms with Gasteiger partial charge in [0, 0.05) is 0 Å². The van der Waals surface area contributed by atoms with Gasteiger partial charge in [-0.3, -0.25) is 4.79 Å². The molecule has 2 aromatic rings. The summed E-state index contributed by atoms with van der Waals surface area (Å²) in [6, 6.07) is 9.16. The van der Waals surface area contributed by atoms with Crippen molar-refractivity contribution in [3.05, 3.63) is 53.0 Å². The lowest BCUT2D eigenvalue weighted by atomic mass is 10.1. The molecule has 0 bridgehead atoms. The van der Waals surface area contributed by atoms with Crippen LogP contribution in [0.3, 0.4) is 0 Å². The number of nitrogens with one attached hydrogen (secondary N) is 1. The van der Waals surface area contributed by atoms with Crippen molar-refractivity contribution in [3.63, 3.8) is 0 Å². The molecule has 0 aliphatic rings. The molecule has 0 unspecified atom stereocenters. The lowest BCUT2D eigenvalue weighted by molar-refractivity contribution is 0.0953. The van der Waals surface area contributed by atoms with Gasteiger partial charge < -0.3 is 9.15 Å². The monoisotopic (exact) mass is 286 g/mol. The van der Waals surface area contributed by atoms with Crippen LogP contribution in [-0.4, -0.2) is 18.7 Å². The van der Waals surface area contributed by atoms with Crippen molar-refractivity contribution in [1.82, 2.24) is 5.43 Å². The minimum atomic E-state index is -0.280. The zero-order chi connectivity index (χ0) is 15.4. The predicted molar refractivity (Wildman–Crippen MR) is 80.9 cm³/mol.